The smallest absolute Gasteiger partial charge is 0.240 e. The van der Waals surface area contributed by atoms with Crippen molar-refractivity contribution >= 4 is 43.5 Å². The van der Waals surface area contributed by atoms with Gasteiger partial charge in [-0.2, -0.15) is 0 Å². The fourth-order valence-electron chi connectivity index (χ4n) is 1.77. The molecule has 1 aliphatic rings. The SMILES string of the molecule is O=C1CCC(CNS(=O)(=O)c2ccc(Cl)c(Br)c2)N1. The van der Waals surface area contributed by atoms with Gasteiger partial charge in [0.15, 0.2) is 0 Å². The van der Waals surface area contributed by atoms with Crippen molar-refractivity contribution in [2.45, 2.75) is 23.8 Å². The molecule has 8 heteroatoms. The van der Waals surface area contributed by atoms with Gasteiger partial charge in [-0.1, -0.05) is 11.6 Å². The maximum atomic E-state index is 12.0. The zero-order valence-corrected chi connectivity index (χ0v) is 13.0. The van der Waals surface area contributed by atoms with Gasteiger partial charge in [0.1, 0.15) is 0 Å². The zero-order chi connectivity index (χ0) is 14.0. The lowest BCUT2D eigenvalue weighted by molar-refractivity contribution is -0.119. The normalized spacial score (nSPS) is 19.5. The van der Waals surface area contributed by atoms with Crippen LogP contribution in [0.15, 0.2) is 27.6 Å². The van der Waals surface area contributed by atoms with E-state index < -0.39 is 10.0 Å². The maximum absolute atomic E-state index is 12.0. The van der Waals surface area contributed by atoms with E-state index in [1.165, 1.54) is 18.2 Å². The Hall–Kier alpha value is -0.630. The van der Waals surface area contributed by atoms with Gasteiger partial charge in [0.05, 0.1) is 9.92 Å². The molecular formula is C11H12BrClN2O3S. The molecule has 0 saturated carbocycles. The summed E-state index contributed by atoms with van der Waals surface area (Å²) in [5, 5.41) is 3.15. The van der Waals surface area contributed by atoms with Crippen LogP contribution in [0.3, 0.4) is 0 Å². The summed E-state index contributed by atoms with van der Waals surface area (Å²) in [6.45, 7) is 0.189. The Kier molecular flexibility index (Phi) is 4.50. The number of amides is 1. The van der Waals surface area contributed by atoms with Crippen LogP contribution in [-0.2, 0) is 14.8 Å². The van der Waals surface area contributed by atoms with Gasteiger partial charge < -0.3 is 5.32 Å². The summed E-state index contributed by atoms with van der Waals surface area (Å²) < 4.78 is 27.1. The van der Waals surface area contributed by atoms with Crippen LogP contribution in [0, 0.1) is 0 Å². The minimum absolute atomic E-state index is 0.0431. The molecular weight excluding hydrogens is 356 g/mol. The molecule has 0 bridgehead atoms. The minimum Gasteiger partial charge on any atom is -0.352 e. The van der Waals surface area contributed by atoms with Crippen molar-refractivity contribution in [3.05, 3.63) is 27.7 Å². The van der Waals surface area contributed by atoms with Crippen molar-refractivity contribution in [1.29, 1.82) is 0 Å². The summed E-state index contributed by atoms with van der Waals surface area (Å²) >= 11 is 9.00. The van der Waals surface area contributed by atoms with Crippen LogP contribution in [0.25, 0.3) is 0 Å². The number of rotatable bonds is 4. The Morgan fingerprint density at radius 1 is 1.47 bits per heavy atom. The van der Waals surface area contributed by atoms with E-state index in [4.69, 9.17) is 11.6 Å². The van der Waals surface area contributed by atoms with Gasteiger partial charge in [-0.3, -0.25) is 4.79 Å². The maximum Gasteiger partial charge on any atom is 0.240 e. The van der Waals surface area contributed by atoms with E-state index in [0.717, 1.165) is 0 Å². The highest BCUT2D eigenvalue weighted by atomic mass is 79.9. The van der Waals surface area contributed by atoms with Gasteiger partial charge in [-0.15, -0.1) is 0 Å². The van der Waals surface area contributed by atoms with Crippen LogP contribution in [0.1, 0.15) is 12.8 Å². The van der Waals surface area contributed by atoms with Crippen LogP contribution in [0.2, 0.25) is 5.02 Å². The van der Waals surface area contributed by atoms with E-state index in [-0.39, 0.29) is 23.4 Å². The number of hydrogen-bond donors (Lipinski definition) is 2. The molecule has 2 rings (SSSR count). The van der Waals surface area contributed by atoms with Crippen molar-refractivity contribution < 1.29 is 13.2 Å². The Bertz CT molecular complexity index is 606. The monoisotopic (exact) mass is 366 g/mol. The fourth-order valence-corrected chi connectivity index (χ4v) is 3.52. The second-order valence-corrected chi connectivity index (χ2v) is 7.26. The lowest BCUT2D eigenvalue weighted by atomic mass is 10.2. The highest BCUT2D eigenvalue weighted by Gasteiger charge is 2.23. The third kappa shape index (κ3) is 3.68. The quantitative estimate of drug-likeness (QED) is 0.850. The summed E-state index contributed by atoms with van der Waals surface area (Å²) in [6.07, 6.45) is 1.09. The van der Waals surface area contributed by atoms with Crippen molar-refractivity contribution in [1.82, 2.24) is 10.0 Å². The molecule has 104 valence electrons. The van der Waals surface area contributed by atoms with Crippen LogP contribution < -0.4 is 10.0 Å². The first-order chi connectivity index (χ1) is 8.88. The average Bonchev–Trinajstić information content (AvgIpc) is 2.76. The number of carbonyl (C=O) groups is 1. The molecule has 1 amide bonds. The van der Waals surface area contributed by atoms with Crippen LogP contribution in [0.4, 0.5) is 0 Å². The molecule has 1 saturated heterocycles. The largest absolute Gasteiger partial charge is 0.352 e. The van der Waals surface area contributed by atoms with Crippen molar-refractivity contribution in [3.8, 4) is 0 Å². The van der Waals surface area contributed by atoms with E-state index in [2.05, 4.69) is 26.0 Å². The molecule has 0 spiro atoms. The third-order valence-corrected chi connectivity index (χ3v) is 5.44. The molecule has 1 aromatic rings. The molecule has 0 radical (unpaired) electrons. The number of hydrogen-bond acceptors (Lipinski definition) is 3. The number of benzene rings is 1. The highest BCUT2D eigenvalue weighted by molar-refractivity contribution is 9.10. The van der Waals surface area contributed by atoms with Crippen LogP contribution in [-0.4, -0.2) is 26.9 Å². The summed E-state index contributed by atoms with van der Waals surface area (Å²) in [5.74, 6) is -0.0431. The van der Waals surface area contributed by atoms with Gasteiger partial charge in [0, 0.05) is 23.5 Å². The molecule has 0 aliphatic carbocycles. The Balaban J connectivity index is 2.05. The number of sulfonamides is 1. The predicted octanol–water partition coefficient (Wildman–Crippen LogP) is 1.66. The molecule has 1 unspecified atom stereocenters. The Labute approximate surface area is 124 Å². The molecule has 2 N–H and O–H groups in total. The standard InChI is InChI=1S/C11H12BrClN2O3S/c12-9-5-8(2-3-10(9)13)19(17,18)14-6-7-1-4-11(16)15-7/h2-3,5,7,14H,1,4,6H2,(H,15,16). The molecule has 5 nitrogen and oxygen atoms in total. The van der Waals surface area contributed by atoms with E-state index in [0.29, 0.717) is 22.3 Å². The number of nitrogens with one attached hydrogen (secondary N) is 2. The molecule has 19 heavy (non-hydrogen) atoms. The molecule has 0 aromatic heterocycles. The van der Waals surface area contributed by atoms with E-state index in [1.54, 1.807) is 0 Å². The van der Waals surface area contributed by atoms with Gasteiger partial charge in [-0.25, -0.2) is 13.1 Å². The van der Waals surface area contributed by atoms with Crippen molar-refractivity contribution in [2.24, 2.45) is 0 Å². The van der Waals surface area contributed by atoms with Gasteiger partial charge in [-0.05, 0) is 40.5 Å². The average molecular weight is 368 g/mol. The highest BCUT2D eigenvalue weighted by Crippen LogP contribution is 2.25. The van der Waals surface area contributed by atoms with Crippen molar-refractivity contribution in [3.63, 3.8) is 0 Å². The number of carbonyl (C=O) groups excluding carboxylic acids is 1. The van der Waals surface area contributed by atoms with Gasteiger partial charge in [0.25, 0.3) is 0 Å². The lowest BCUT2D eigenvalue weighted by Crippen LogP contribution is -2.38. The third-order valence-electron chi connectivity index (χ3n) is 2.81. The molecule has 1 atom stereocenters. The zero-order valence-electron chi connectivity index (χ0n) is 9.82. The first kappa shape index (κ1) is 14.8. The fraction of sp³-hybridized carbons (Fsp3) is 0.364. The molecule has 1 aromatic carbocycles. The summed E-state index contributed by atoms with van der Waals surface area (Å²) in [6, 6.07) is 4.25. The summed E-state index contributed by atoms with van der Waals surface area (Å²) in [7, 11) is -3.59. The first-order valence-electron chi connectivity index (χ1n) is 5.62. The Morgan fingerprint density at radius 3 is 2.79 bits per heavy atom. The lowest BCUT2D eigenvalue weighted by Gasteiger charge is -2.12. The Morgan fingerprint density at radius 2 is 2.21 bits per heavy atom. The second-order valence-electron chi connectivity index (χ2n) is 4.23. The molecule has 1 fully saturated rings. The second kappa shape index (κ2) is 5.78. The molecule has 1 aliphatic heterocycles. The topological polar surface area (TPSA) is 75.3 Å². The predicted molar refractivity (Wildman–Crippen MR) is 75.5 cm³/mol. The number of halogens is 2. The summed E-state index contributed by atoms with van der Waals surface area (Å²) in [4.78, 5) is 11.2. The van der Waals surface area contributed by atoms with Gasteiger partial charge in [0.2, 0.25) is 15.9 Å². The van der Waals surface area contributed by atoms with E-state index in [1.807, 2.05) is 0 Å². The van der Waals surface area contributed by atoms with Crippen molar-refractivity contribution in [2.75, 3.05) is 6.54 Å². The molecule has 1 heterocycles. The summed E-state index contributed by atoms with van der Waals surface area (Å²) in [5.41, 5.74) is 0. The van der Waals surface area contributed by atoms with E-state index >= 15 is 0 Å². The minimum atomic E-state index is -3.59. The van der Waals surface area contributed by atoms with E-state index in [9.17, 15) is 13.2 Å². The first-order valence-corrected chi connectivity index (χ1v) is 8.28. The van der Waals surface area contributed by atoms with Crippen LogP contribution >= 0.6 is 27.5 Å². The van der Waals surface area contributed by atoms with Gasteiger partial charge >= 0.3 is 0 Å². The van der Waals surface area contributed by atoms with Crippen LogP contribution in [0.5, 0.6) is 0 Å².